The maximum absolute atomic E-state index is 11.3. The van der Waals surface area contributed by atoms with Crippen molar-refractivity contribution < 1.29 is 19.1 Å². The molecule has 1 fully saturated rings. The van der Waals surface area contributed by atoms with Gasteiger partial charge in [-0.05, 0) is 13.3 Å². The van der Waals surface area contributed by atoms with Crippen LogP contribution < -0.4 is 0 Å². The molecule has 5 nitrogen and oxygen atoms in total. The van der Waals surface area contributed by atoms with Crippen molar-refractivity contribution in [3.05, 3.63) is 0 Å². The molecule has 0 amide bonds. The van der Waals surface area contributed by atoms with Crippen molar-refractivity contribution in [2.75, 3.05) is 20.3 Å². The minimum Gasteiger partial charge on any atom is -0.399 e. The maximum Gasteiger partial charge on any atom is 0.216 e. The SMILES string of the molecule is CO/N=C(\C(C)=O)C1(C)OCCCO1. The molecule has 0 atom stereocenters. The first-order chi connectivity index (χ1) is 6.60. The van der Waals surface area contributed by atoms with E-state index < -0.39 is 5.79 Å². The van der Waals surface area contributed by atoms with Crippen LogP contribution in [-0.4, -0.2) is 37.6 Å². The number of hydrogen-bond donors (Lipinski definition) is 0. The minimum absolute atomic E-state index is 0.166. The molecule has 0 bridgehead atoms. The Bertz CT molecular complexity index is 243. The van der Waals surface area contributed by atoms with Crippen LogP contribution in [0.15, 0.2) is 5.16 Å². The van der Waals surface area contributed by atoms with Gasteiger partial charge in [-0.2, -0.15) is 0 Å². The monoisotopic (exact) mass is 201 g/mol. The fourth-order valence-electron chi connectivity index (χ4n) is 1.33. The predicted molar refractivity (Wildman–Crippen MR) is 50.1 cm³/mol. The fraction of sp³-hybridized carbons (Fsp3) is 0.778. The van der Waals surface area contributed by atoms with Gasteiger partial charge >= 0.3 is 0 Å². The highest BCUT2D eigenvalue weighted by Crippen LogP contribution is 2.20. The van der Waals surface area contributed by atoms with E-state index in [1.165, 1.54) is 14.0 Å². The van der Waals surface area contributed by atoms with E-state index in [0.29, 0.717) is 13.2 Å². The number of ether oxygens (including phenoxy) is 2. The second-order valence-corrected chi connectivity index (χ2v) is 3.17. The van der Waals surface area contributed by atoms with Gasteiger partial charge in [0.1, 0.15) is 7.11 Å². The van der Waals surface area contributed by atoms with Crippen LogP contribution in [0.25, 0.3) is 0 Å². The summed E-state index contributed by atoms with van der Waals surface area (Å²) in [6.45, 7) is 4.20. The largest absolute Gasteiger partial charge is 0.399 e. The summed E-state index contributed by atoms with van der Waals surface area (Å²) < 4.78 is 10.8. The number of nitrogens with zero attached hydrogens (tertiary/aromatic N) is 1. The third-order valence-corrected chi connectivity index (χ3v) is 1.99. The lowest BCUT2D eigenvalue weighted by molar-refractivity contribution is -0.212. The Kier molecular flexibility index (Phi) is 3.60. The van der Waals surface area contributed by atoms with E-state index in [4.69, 9.17) is 9.47 Å². The van der Waals surface area contributed by atoms with Crippen LogP contribution >= 0.6 is 0 Å². The van der Waals surface area contributed by atoms with E-state index in [-0.39, 0.29) is 11.5 Å². The van der Waals surface area contributed by atoms with Crippen molar-refractivity contribution in [1.82, 2.24) is 0 Å². The maximum atomic E-state index is 11.3. The zero-order chi connectivity index (χ0) is 10.6. The Balaban J connectivity index is 2.85. The molecular formula is C9H15NO4. The average Bonchev–Trinajstić information content (AvgIpc) is 2.14. The van der Waals surface area contributed by atoms with E-state index in [9.17, 15) is 4.79 Å². The van der Waals surface area contributed by atoms with E-state index in [1.807, 2.05) is 0 Å². The van der Waals surface area contributed by atoms with Crippen LogP contribution in [0, 0.1) is 0 Å². The topological polar surface area (TPSA) is 57.1 Å². The molecule has 0 aromatic rings. The first kappa shape index (κ1) is 11.1. The van der Waals surface area contributed by atoms with Crippen LogP contribution in [0.3, 0.4) is 0 Å². The molecule has 0 saturated carbocycles. The van der Waals surface area contributed by atoms with Crippen molar-refractivity contribution in [1.29, 1.82) is 0 Å². The van der Waals surface area contributed by atoms with Gasteiger partial charge in [0.15, 0.2) is 11.5 Å². The Hall–Kier alpha value is -0.940. The highest BCUT2D eigenvalue weighted by molar-refractivity contribution is 6.41. The summed E-state index contributed by atoms with van der Waals surface area (Å²) in [6.07, 6.45) is 0.827. The third-order valence-electron chi connectivity index (χ3n) is 1.99. The highest BCUT2D eigenvalue weighted by Gasteiger charge is 2.38. The van der Waals surface area contributed by atoms with E-state index in [0.717, 1.165) is 6.42 Å². The summed E-state index contributed by atoms with van der Waals surface area (Å²) >= 11 is 0. The standard InChI is InChI=1S/C9H15NO4/c1-7(11)8(10-12-3)9(2)13-5-4-6-14-9/h4-6H2,1-3H3/b10-8+. The average molecular weight is 201 g/mol. The smallest absolute Gasteiger partial charge is 0.216 e. The van der Waals surface area contributed by atoms with E-state index >= 15 is 0 Å². The molecule has 0 radical (unpaired) electrons. The molecule has 0 unspecified atom stereocenters. The Morgan fingerprint density at radius 2 is 2.00 bits per heavy atom. The molecule has 1 heterocycles. The lowest BCUT2D eigenvalue weighted by Crippen LogP contribution is -2.48. The van der Waals surface area contributed by atoms with Gasteiger partial charge in [0.2, 0.25) is 5.79 Å². The summed E-state index contributed by atoms with van der Waals surface area (Å²) in [5, 5.41) is 3.64. The quantitative estimate of drug-likeness (QED) is 0.499. The van der Waals surface area contributed by atoms with Gasteiger partial charge in [-0.25, -0.2) is 0 Å². The number of hydrogen-bond acceptors (Lipinski definition) is 5. The molecule has 0 aromatic heterocycles. The van der Waals surface area contributed by atoms with Gasteiger partial charge in [-0.15, -0.1) is 0 Å². The summed E-state index contributed by atoms with van der Waals surface area (Å²) in [5.41, 5.74) is 0.166. The summed E-state index contributed by atoms with van der Waals surface area (Å²) in [5.74, 6) is -1.27. The lowest BCUT2D eigenvalue weighted by atomic mass is 10.1. The third kappa shape index (κ3) is 2.30. The molecule has 80 valence electrons. The zero-order valence-electron chi connectivity index (χ0n) is 8.70. The van der Waals surface area contributed by atoms with Gasteiger partial charge in [0.05, 0.1) is 13.2 Å². The molecule has 0 N–H and O–H groups in total. The van der Waals surface area contributed by atoms with Crippen molar-refractivity contribution >= 4 is 11.5 Å². The zero-order valence-corrected chi connectivity index (χ0v) is 8.70. The van der Waals surface area contributed by atoms with Gasteiger partial charge < -0.3 is 14.3 Å². The molecule has 1 saturated heterocycles. The van der Waals surface area contributed by atoms with Crippen LogP contribution in [-0.2, 0) is 19.1 Å². The number of ketones is 1. The summed E-state index contributed by atoms with van der Waals surface area (Å²) in [6, 6.07) is 0. The number of rotatable bonds is 3. The molecule has 5 heteroatoms. The number of carbonyl (C=O) groups is 1. The summed E-state index contributed by atoms with van der Waals surface area (Å²) in [7, 11) is 1.38. The van der Waals surface area contributed by atoms with Crippen molar-refractivity contribution in [3.63, 3.8) is 0 Å². The van der Waals surface area contributed by atoms with Crippen molar-refractivity contribution in [2.45, 2.75) is 26.1 Å². The number of Topliss-reactive ketones (excluding diaryl/α,β-unsaturated/α-hetero) is 1. The Morgan fingerprint density at radius 1 is 1.43 bits per heavy atom. The molecule has 1 aliphatic heterocycles. The molecule has 1 rings (SSSR count). The molecule has 0 spiro atoms. The van der Waals surface area contributed by atoms with Gasteiger partial charge in [0, 0.05) is 6.92 Å². The normalized spacial score (nSPS) is 21.8. The second kappa shape index (κ2) is 4.52. The lowest BCUT2D eigenvalue weighted by Gasteiger charge is -2.33. The van der Waals surface area contributed by atoms with Crippen molar-refractivity contribution in [2.24, 2.45) is 5.16 Å². The first-order valence-corrected chi connectivity index (χ1v) is 4.50. The van der Waals surface area contributed by atoms with Crippen LogP contribution in [0.1, 0.15) is 20.3 Å². The summed E-state index contributed by atoms with van der Waals surface area (Å²) in [4.78, 5) is 15.9. The van der Waals surface area contributed by atoms with Gasteiger partial charge in [-0.1, -0.05) is 5.16 Å². The second-order valence-electron chi connectivity index (χ2n) is 3.17. The minimum atomic E-state index is -1.06. The predicted octanol–water partition coefficient (Wildman–Crippen LogP) is 0.731. The molecule has 0 aliphatic carbocycles. The number of oxime groups is 1. The van der Waals surface area contributed by atoms with Crippen LogP contribution in [0.4, 0.5) is 0 Å². The molecule has 0 aromatic carbocycles. The number of carbonyl (C=O) groups excluding carboxylic acids is 1. The van der Waals surface area contributed by atoms with Crippen LogP contribution in [0.2, 0.25) is 0 Å². The Labute approximate surface area is 83.0 Å². The van der Waals surface area contributed by atoms with E-state index in [1.54, 1.807) is 6.92 Å². The Morgan fingerprint density at radius 3 is 2.43 bits per heavy atom. The molecule has 1 aliphatic rings. The van der Waals surface area contributed by atoms with Gasteiger partial charge in [0.25, 0.3) is 0 Å². The fourth-order valence-corrected chi connectivity index (χ4v) is 1.33. The molecular weight excluding hydrogens is 186 g/mol. The molecule has 14 heavy (non-hydrogen) atoms. The first-order valence-electron chi connectivity index (χ1n) is 4.50. The van der Waals surface area contributed by atoms with E-state index in [2.05, 4.69) is 9.99 Å². The van der Waals surface area contributed by atoms with Crippen molar-refractivity contribution in [3.8, 4) is 0 Å². The highest BCUT2D eigenvalue weighted by atomic mass is 16.7. The van der Waals surface area contributed by atoms with Crippen LogP contribution in [0.5, 0.6) is 0 Å². The van der Waals surface area contributed by atoms with Gasteiger partial charge in [-0.3, -0.25) is 4.79 Å².